The number of nitrogens with zero attached hydrogens (tertiary/aromatic N) is 1. The molecule has 0 fully saturated rings. The van der Waals surface area contributed by atoms with Crippen LogP contribution in [0.15, 0.2) is 18.3 Å². The molecule has 0 aromatic carbocycles. The third-order valence-electron chi connectivity index (χ3n) is 1.25. The number of rotatable bonds is 1. The molecule has 0 aliphatic heterocycles. The Morgan fingerprint density at radius 1 is 1.62 bits per heavy atom. The number of carbonyl (C=O) groups is 2. The first-order valence-electron chi connectivity index (χ1n) is 3.39. The predicted octanol–water partition coefficient (Wildman–Crippen LogP) is 0.330. The van der Waals surface area contributed by atoms with E-state index in [4.69, 9.17) is 5.11 Å². The van der Waals surface area contributed by atoms with E-state index in [-0.39, 0.29) is 11.3 Å². The Hall–Kier alpha value is -2.15. The lowest BCUT2D eigenvalue weighted by Crippen LogP contribution is -1.92. The highest BCUT2D eigenvalue weighted by Gasteiger charge is 1.97. The molecule has 0 aliphatic carbocycles. The van der Waals surface area contributed by atoms with Gasteiger partial charge in [-0.05, 0) is 18.1 Å². The van der Waals surface area contributed by atoms with Crippen molar-refractivity contribution in [2.75, 3.05) is 0 Å². The van der Waals surface area contributed by atoms with E-state index in [2.05, 4.69) is 10.9 Å². The summed E-state index contributed by atoms with van der Waals surface area (Å²) in [6.07, 6.45) is 2.03. The lowest BCUT2D eigenvalue weighted by atomic mass is 10.2. The van der Waals surface area contributed by atoms with Crippen molar-refractivity contribution in [2.24, 2.45) is 0 Å². The van der Waals surface area contributed by atoms with E-state index in [0.717, 1.165) is 0 Å². The summed E-state index contributed by atoms with van der Waals surface area (Å²) in [5, 5.41) is 8.25. The van der Waals surface area contributed by atoms with Gasteiger partial charge in [0.25, 0.3) is 0 Å². The van der Waals surface area contributed by atoms with Gasteiger partial charge < -0.3 is 5.11 Å². The zero-order valence-corrected chi connectivity index (χ0v) is 6.52. The number of hydrogen-bond acceptors (Lipinski definition) is 3. The summed E-state index contributed by atoms with van der Waals surface area (Å²) in [5.74, 6) is 2.91. The summed E-state index contributed by atoms with van der Waals surface area (Å²) in [5.41, 5.74) is 0.469. The number of carbonyl (C=O) groups excluding carboxylic acids is 1. The van der Waals surface area contributed by atoms with E-state index in [0.29, 0.717) is 6.29 Å². The second-order valence-electron chi connectivity index (χ2n) is 2.11. The van der Waals surface area contributed by atoms with Crippen LogP contribution in [-0.4, -0.2) is 22.3 Å². The summed E-state index contributed by atoms with van der Waals surface area (Å²) in [6.45, 7) is 0. The molecule has 4 heteroatoms. The largest absolute Gasteiger partial charge is 0.472 e. The highest BCUT2D eigenvalue weighted by atomic mass is 16.4. The zero-order valence-electron chi connectivity index (χ0n) is 6.52. The predicted molar refractivity (Wildman–Crippen MR) is 44.1 cm³/mol. The van der Waals surface area contributed by atoms with E-state index in [1.54, 1.807) is 6.07 Å². The third kappa shape index (κ3) is 2.42. The zero-order chi connectivity index (χ0) is 9.68. The fourth-order valence-electron chi connectivity index (χ4n) is 0.730. The Kier molecular flexibility index (Phi) is 2.77. The van der Waals surface area contributed by atoms with Crippen molar-refractivity contribution >= 4 is 12.3 Å². The first-order chi connectivity index (χ1) is 6.24. The van der Waals surface area contributed by atoms with Crippen molar-refractivity contribution in [3.63, 3.8) is 0 Å². The topological polar surface area (TPSA) is 67.3 Å². The van der Waals surface area contributed by atoms with Gasteiger partial charge in [-0.15, -0.1) is 0 Å². The smallest absolute Gasteiger partial charge is 0.382 e. The molecule has 1 aromatic heterocycles. The van der Waals surface area contributed by atoms with Crippen LogP contribution in [0.1, 0.15) is 16.1 Å². The Balaban J connectivity index is 3.09. The minimum atomic E-state index is -1.25. The van der Waals surface area contributed by atoms with Gasteiger partial charge in [0.2, 0.25) is 0 Å². The van der Waals surface area contributed by atoms with Crippen LogP contribution in [0.2, 0.25) is 0 Å². The first-order valence-corrected chi connectivity index (χ1v) is 3.39. The molecule has 0 bridgehead atoms. The number of carboxylic acid groups (broad SMARTS) is 1. The lowest BCUT2D eigenvalue weighted by molar-refractivity contribution is -0.130. The number of aldehydes is 1. The van der Waals surface area contributed by atoms with Crippen LogP contribution in [0.4, 0.5) is 0 Å². The molecule has 0 saturated carbocycles. The molecule has 64 valence electrons. The van der Waals surface area contributed by atoms with Gasteiger partial charge in [0.05, 0.1) is 0 Å². The van der Waals surface area contributed by atoms with Gasteiger partial charge in [-0.1, -0.05) is 0 Å². The Labute approximate surface area is 74.2 Å². The van der Waals surface area contributed by atoms with Gasteiger partial charge in [0, 0.05) is 17.7 Å². The highest BCUT2D eigenvalue weighted by Crippen LogP contribution is 1.99. The fourth-order valence-corrected chi connectivity index (χ4v) is 0.730. The molecular formula is C9H5NO3. The molecule has 0 unspecified atom stereocenters. The summed E-state index contributed by atoms with van der Waals surface area (Å²) in [7, 11) is 0. The third-order valence-corrected chi connectivity index (χ3v) is 1.25. The number of aromatic nitrogens is 1. The van der Waals surface area contributed by atoms with E-state index in [9.17, 15) is 9.59 Å². The van der Waals surface area contributed by atoms with Crippen LogP contribution >= 0.6 is 0 Å². The van der Waals surface area contributed by atoms with Crippen molar-refractivity contribution in [2.45, 2.75) is 0 Å². The normalized spacial score (nSPS) is 8.31. The number of carboxylic acids is 1. The van der Waals surface area contributed by atoms with Crippen LogP contribution < -0.4 is 0 Å². The Morgan fingerprint density at radius 3 is 3.00 bits per heavy atom. The molecule has 0 saturated heterocycles. The molecule has 1 heterocycles. The van der Waals surface area contributed by atoms with Gasteiger partial charge in [0.1, 0.15) is 5.69 Å². The molecule has 13 heavy (non-hydrogen) atoms. The van der Waals surface area contributed by atoms with Gasteiger partial charge in [-0.2, -0.15) is 0 Å². The lowest BCUT2D eigenvalue weighted by Gasteiger charge is -1.91. The first kappa shape index (κ1) is 8.94. The van der Waals surface area contributed by atoms with E-state index >= 15 is 0 Å². The van der Waals surface area contributed by atoms with Crippen molar-refractivity contribution in [1.29, 1.82) is 0 Å². The summed E-state index contributed by atoms with van der Waals surface area (Å²) >= 11 is 0. The van der Waals surface area contributed by atoms with Crippen molar-refractivity contribution < 1.29 is 14.7 Å². The van der Waals surface area contributed by atoms with Crippen LogP contribution in [0, 0.1) is 11.8 Å². The molecule has 0 spiro atoms. The SMILES string of the molecule is O=Cc1cccnc1C#CC(=O)O. The number of hydrogen-bond donors (Lipinski definition) is 1. The quantitative estimate of drug-likeness (QED) is 0.493. The molecule has 1 aromatic rings. The van der Waals surface area contributed by atoms with Gasteiger partial charge >= 0.3 is 5.97 Å². The minimum Gasteiger partial charge on any atom is -0.472 e. The van der Waals surface area contributed by atoms with Gasteiger partial charge in [-0.25, -0.2) is 9.78 Å². The van der Waals surface area contributed by atoms with Crippen molar-refractivity contribution in [3.8, 4) is 11.8 Å². The maximum absolute atomic E-state index is 10.4. The van der Waals surface area contributed by atoms with Crippen molar-refractivity contribution in [3.05, 3.63) is 29.6 Å². The molecular weight excluding hydrogens is 170 g/mol. The Bertz CT molecular complexity index is 401. The number of pyridine rings is 1. The standard InChI is InChI=1S/C9H5NO3/c11-6-7-2-1-5-10-8(7)3-4-9(12)13/h1-2,5-6H,(H,12,13). The van der Waals surface area contributed by atoms with Crippen LogP contribution in [-0.2, 0) is 4.79 Å². The van der Waals surface area contributed by atoms with E-state index in [1.807, 2.05) is 5.92 Å². The minimum absolute atomic E-state index is 0.180. The van der Waals surface area contributed by atoms with Crippen LogP contribution in [0.25, 0.3) is 0 Å². The van der Waals surface area contributed by atoms with Crippen LogP contribution in [0.3, 0.4) is 0 Å². The Morgan fingerprint density at radius 2 is 2.38 bits per heavy atom. The summed E-state index contributed by atoms with van der Waals surface area (Å²) in [6, 6.07) is 3.10. The second-order valence-corrected chi connectivity index (χ2v) is 2.11. The molecule has 0 amide bonds. The molecule has 0 radical (unpaired) electrons. The summed E-state index contributed by atoms with van der Waals surface area (Å²) < 4.78 is 0. The van der Waals surface area contributed by atoms with E-state index in [1.165, 1.54) is 12.3 Å². The fraction of sp³-hybridized carbons (Fsp3) is 0. The molecule has 1 N–H and O–H groups in total. The second kappa shape index (κ2) is 4.02. The molecule has 0 aliphatic rings. The molecule has 4 nitrogen and oxygen atoms in total. The average molecular weight is 175 g/mol. The van der Waals surface area contributed by atoms with E-state index < -0.39 is 5.97 Å². The maximum atomic E-state index is 10.4. The maximum Gasteiger partial charge on any atom is 0.382 e. The van der Waals surface area contributed by atoms with Gasteiger partial charge in [-0.3, -0.25) is 4.79 Å². The summed E-state index contributed by atoms with van der Waals surface area (Å²) in [4.78, 5) is 24.3. The van der Waals surface area contributed by atoms with Crippen molar-refractivity contribution in [1.82, 2.24) is 4.98 Å². The van der Waals surface area contributed by atoms with Gasteiger partial charge in [0.15, 0.2) is 6.29 Å². The average Bonchev–Trinajstić information content (AvgIpc) is 2.15. The molecule has 1 rings (SSSR count). The monoisotopic (exact) mass is 175 g/mol. The molecule has 0 atom stereocenters. The van der Waals surface area contributed by atoms with Crippen LogP contribution in [0.5, 0.6) is 0 Å². The number of aliphatic carboxylic acids is 1. The highest BCUT2D eigenvalue weighted by molar-refractivity contribution is 5.88.